The van der Waals surface area contributed by atoms with Crippen molar-refractivity contribution in [3.63, 3.8) is 0 Å². The number of nitrogens with two attached hydrogens (primary N) is 1. The van der Waals surface area contributed by atoms with E-state index in [2.05, 4.69) is 10.4 Å². The molecule has 3 nitrogen and oxygen atoms in total. The van der Waals surface area contributed by atoms with E-state index in [1.54, 1.807) is 30.6 Å². The predicted molar refractivity (Wildman–Crippen MR) is 64.4 cm³/mol. The molecular formula is C13H14FN3. The molecule has 0 aliphatic heterocycles. The molecule has 0 aliphatic rings. The Bertz CT molecular complexity index is 473. The number of hydrogen-bond acceptors (Lipinski definition) is 3. The Kier molecular flexibility index (Phi) is 3.80. The molecule has 1 aromatic carbocycles. The van der Waals surface area contributed by atoms with Crippen LogP contribution in [0.15, 0.2) is 48.8 Å². The Hall–Kier alpha value is -1.78. The summed E-state index contributed by atoms with van der Waals surface area (Å²) < 4.78 is 13.6. The maximum absolute atomic E-state index is 13.6. The molecule has 3 N–H and O–H groups in total. The van der Waals surface area contributed by atoms with Crippen LogP contribution < -0.4 is 11.3 Å². The first-order chi connectivity index (χ1) is 8.31. The molecule has 1 heterocycles. The van der Waals surface area contributed by atoms with Crippen LogP contribution in [0, 0.1) is 5.82 Å². The molecule has 0 saturated carbocycles. The van der Waals surface area contributed by atoms with Gasteiger partial charge in [0.25, 0.3) is 0 Å². The van der Waals surface area contributed by atoms with Crippen LogP contribution in [0.1, 0.15) is 17.2 Å². The quantitative estimate of drug-likeness (QED) is 0.624. The van der Waals surface area contributed by atoms with Crippen LogP contribution in [0.2, 0.25) is 0 Å². The second-order valence-electron chi connectivity index (χ2n) is 3.80. The predicted octanol–water partition coefficient (Wildman–Crippen LogP) is 1.97. The lowest BCUT2D eigenvalue weighted by molar-refractivity contribution is 0.510. The summed E-state index contributed by atoms with van der Waals surface area (Å²) in [5.41, 5.74) is 4.28. The van der Waals surface area contributed by atoms with Gasteiger partial charge >= 0.3 is 0 Å². The largest absolute Gasteiger partial charge is 0.271 e. The van der Waals surface area contributed by atoms with Crippen LogP contribution in [0.3, 0.4) is 0 Å². The molecule has 1 unspecified atom stereocenters. The third-order valence-corrected chi connectivity index (χ3v) is 2.67. The summed E-state index contributed by atoms with van der Waals surface area (Å²) in [5.74, 6) is 5.24. The molecular weight excluding hydrogens is 217 g/mol. The van der Waals surface area contributed by atoms with Gasteiger partial charge in [-0.3, -0.25) is 16.3 Å². The fourth-order valence-corrected chi connectivity index (χ4v) is 1.77. The van der Waals surface area contributed by atoms with Crippen molar-refractivity contribution in [2.24, 2.45) is 5.84 Å². The Balaban J connectivity index is 2.21. The molecule has 88 valence electrons. The summed E-state index contributed by atoms with van der Waals surface area (Å²) in [6.45, 7) is 0. The number of nitrogens with zero attached hydrogens (tertiary/aromatic N) is 1. The summed E-state index contributed by atoms with van der Waals surface area (Å²) >= 11 is 0. The monoisotopic (exact) mass is 231 g/mol. The van der Waals surface area contributed by atoms with Crippen molar-refractivity contribution in [1.82, 2.24) is 10.4 Å². The van der Waals surface area contributed by atoms with E-state index in [0.29, 0.717) is 12.0 Å². The first-order valence-electron chi connectivity index (χ1n) is 5.40. The lowest BCUT2D eigenvalue weighted by Gasteiger charge is -2.16. The number of aromatic nitrogens is 1. The maximum Gasteiger partial charge on any atom is 0.128 e. The molecule has 0 fully saturated rings. The first kappa shape index (κ1) is 11.7. The molecule has 0 spiro atoms. The van der Waals surface area contributed by atoms with Crippen molar-refractivity contribution < 1.29 is 4.39 Å². The van der Waals surface area contributed by atoms with Gasteiger partial charge in [0, 0.05) is 18.0 Å². The normalized spacial score (nSPS) is 12.4. The van der Waals surface area contributed by atoms with Gasteiger partial charge in [-0.25, -0.2) is 4.39 Å². The van der Waals surface area contributed by atoms with E-state index < -0.39 is 0 Å². The molecule has 2 aromatic rings. The van der Waals surface area contributed by atoms with Crippen molar-refractivity contribution in [2.45, 2.75) is 12.5 Å². The molecule has 1 atom stereocenters. The van der Waals surface area contributed by atoms with Gasteiger partial charge in [0.15, 0.2) is 0 Å². The van der Waals surface area contributed by atoms with Crippen LogP contribution in [0.5, 0.6) is 0 Å². The Labute approximate surface area is 99.5 Å². The Morgan fingerprint density at radius 1 is 1.18 bits per heavy atom. The van der Waals surface area contributed by atoms with Crippen LogP contribution in [0.25, 0.3) is 0 Å². The molecule has 0 bridgehead atoms. The van der Waals surface area contributed by atoms with Crippen LogP contribution >= 0.6 is 0 Å². The highest BCUT2D eigenvalue weighted by atomic mass is 19.1. The number of hydrogen-bond donors (Lipinski definition) is 2. The number of benzene rings is 1. The lowest BCUT2D eigenvalue weighted by atomic mass is 10.00. The zero-order valence-electron chi connectivity index (χ0n) is 9.31. The van der Waals surface area contributed by atoms with Crippen LogP contribution in [-0.2, 0) is 6.42 Å². The minimum Gasteiger partial charge on any atom is -0.271 e. The molecule has 2 rings (SSSR count). The van der Waals surface area contributed by atoms with Crippen molar-refractivity contribution in [3.8, 4) is 0 Å². The third-order valence-electron chi connectivity index (χ3n) is 2.67. The van der Waals surface area contributed by atoms with Crippen LogP contribution in [0.4, 0.5) is 4.39 Å². The molecule has 4 heteroatoms. The number of halogens is 1. The van der Waals surface area contributed by atoms with E-state index in [-0.39, 0.29) is 11.9 Å². The van der Waals surface area contributed by atoms with Crippen molar-refractivity contribution >= 4 is 0 Å². The lowest BCUT2D eigenvalue weighted by Crippen LogP contribution is -2.30. The van der Waals surface area contributed by atoms with E-state index in [1.165, 1.54) is 6.07 Å². The Morgan fingerprint density at radius 3 is 2.53 bits per heavy atom. The molecule has 17 heavy (non-hydrogen) atoms. The summed E-state index contributed by atoms with van der Waals surface area (Å²) in [5, 5.41) is 0. The average Bonchev–Trinajstić information content (AvgIpc) is 2.38. The fraction of sp³-hybridized carbons (Fsp3) is 0.154. The number of pyridine rings is 1. The van der Waals surface area contributed by atoms with E-state index in [9.17, 15) is 4.39 Å². The second-order valence-corrected chi connectivity index (χ2v) is 3.80. The number of nitrogens with one attached hydrogen (secondary N) is 1. The average molecular weight is 231 g/mol. The van der Waals surface area contributed by atoms with Gasteiger partial charge < -0.3 is 0 Å². The highest BCUT2D eigenvalue weighted by Crippen LogP contribution is 2.19. The molecule has 0 aliphatic carbocycles. The molecule has 0 radical (unpaired) electrons. The standard InChI is InChI=1S/C13H14FN3/c14-12-4-2-1-3-11(12)13(17-15)9-10-5-7-16-8-6-10/h1-8,13,17H,9,15H2. The van der Waals surface area contributed by atoms with Gasteiger partial charge in [0.2, 0.25) is 0 Å². The maximum atomic E-state index is 13.6. The van der Waals surface area contributed by atoms with E-state index in [0.717, 1.165) is 5.56 Å². The van der Waals surface area contributed by atoms with Gasteiger partial charge in [0.05, 0.1) is 6.04 Å². The molecule has 0 saturated heterocycles. The van der Waals surface area contributed by atoms with Gasteiger partial charge in [-0.1, -0.05) is 18.2 Å². The highest BCUT2D eigenvalue weighted by Gasteiger charge is 2.14. The first-order valence-corrected chi connectivity index (χ1v) is 5.40. The van der Waals surface area contributed by atoms with E-state index in [4.69, 9.17) is 5.84 Å². The number of hydrazine groups is 1. The summed E-state index contributed by atoms with van der Waals surface area (Å²) in [6.07, 6.45) is 4.05. The zero-order chi connectivity index (χ0) is 12.1. The van der Waals surface area contributed by atoms with Crippen molar-refractivity contribution in [1.29, 1.82) is 0 Å². The van der Waals surface area contributed by atoms with Crippen molar-refractivity contribution in [3.05, 3.63) is 65.7 Å². The SMILES string of the molecule is NNC(Cc1ccncc1)c1ccccc1F. The minimum absolute atomic E-state index is 0.237. The van der Waals surface area contributed by atoms with Gasteiger partial charge in [-0.2, -0.15) is 0 Å². The zero-order valence-corrected chi connectivity index (χ0v) is 9.31. The summed E-state index contributed by atoms with van der Waals surface area (Å²) in [4.78, 5) is 3.94. The second kappa shape index (κ2) is 5.52. The fourth-order valence-electron chi connectivity index (χ4n) is 1.77. The third kappa shape index (κ3) is 2.87. The number of rotatable bonds is 4. The van der Waals surface area contributed by atoms with Crippen LogP contribution in [-0.4, -0.2) is 4.98 Å². The topological polar surface area (TPSA) is 50.9 Å². The highest BCUT2D eigenvalue weighted by molar-refractivity contribution is 5.24. The van der Waals surface area contributed by atoms with Gasteiger partial charge in [-0.15, -0.1) is 0 Å². The molecule has 0 amide bonds. The molecule has 1 aromatic heterocycles. The smallest absolute Gasteiger partial charge is 0.128 e. The van der Waals surface area contributed by atoms with E-state index >= 15 is 0 Å². The minimum atomic E-state index is -0.246. The van der Waals surface area contributed by atoms with E-state index in [1.807, 2.05) is 12.1 Å². The Morgan fingerprint density at radius 2 is 1.88 bits per heavy atom. The summed E-state index contributed by atoms with van der Waals surface area (Å²) in [7, 11) is 0. The van der Waals surface area contributed by atoms with Gasteiger partial charge in [-0.05, 0) is 30.2 Å². The van der Waals surface area contributed by atoms with Crippen molar-refractivity contribution in [2.75, 3.05) is 0 Å². The van der Waals surface area contributed by atoms with Gasteiger partial charge in [0.1, 0.15) is 5.82 Å². The summed E-state index contributed by atoms with van der Waals surface area (Å²) in [6, 6.07) is 10.2.